The van der Waals surface area contributed by atoms with E-state index in [-0.39, 0.29) is 12.0 Å². The van der Waals surface area contributed by atoms with E-state index in [2.05, 4.69) is 9.97 Å². The van der Waals surface area contributed by atoms with Gasteiger partial charge in [-0.1, -0.05) is 13.3 Å². The van der Waals surface area contributed by atoms with Gasteiger partial charge in [0.1, 0.15) is 0 Å². The molecule has 17 heavy (non-hydrogen) atoms. The third-order valence-corrected chi connectivity index (χ3v) is 2.34. The summed E-state index contributed by atoms with van der Waals surface area (Å²) in [6.07, 6.45) is 1.61. The van der Waals surface area contributed by atoms with Crippen molar-refractivity contribution >= 4 is 5.97 Å². The molecule has 0 spiro atoms. The van der Waals surface area contributed by atoms with Gasteiger partial charge >= 0.3 is 11.7 Å². The standard InChI is InChI=1S/C11H16N2O4/c1-3-4-5-17-9(14)6-8-7(2)12-11(16)13-10(8)15/h3-6H2,1-2H3,(H2,12,13,15,16). The summed E-state index contributed by atoms with van der Waals surface area (Å²) < 4.78 is 4.94. The first-order chi connectivity index (χ1) is 8.04. The van der Waals surface area contributed by atoms with E-state index in [0.717, 1.165) is 12.8 Å². The third-order valence-electron chi connectivity index (χ3n) is 2.34. The largest absolute Gasteiger partial charge is 0.465 e. The molecule has 1 aromatic rings. The van der Waals surface area contributed by atoms with Gasteiger partial charge in [-0.25, -0.2) is 4.79 Å². The lowest BCUT2D eigenvalue weighted by Crippen LogP contribution is -2.28. The van der Waals surface area contributed by atoms with Crippen molar-refractivity contribution in [3.63, 3.8) is 0 Å². The molecular formula is C11H16N2O4. The van der Waals surface area contributed by atoms with Crippen LogP contribution in [0.25, 0.3) is 0 Å². The van der Waals surface area contributed by atoms with Crippen LogP contribution < -0.4 is 11.2 Å². The molecule has 0 radical (unpaired) electrons. The number of hydrogen-bond acceptors (Lipinski definition) is 4. The van der Waals surface area contributed by atoms with Crippen LogP contribution >= 0.6 is 0 Å². The molecule has 1 rings (SSSR count). The fourth-order valence-electron chi connectivity index (χ4n) is 1.36. The Bertz CT molecular complexity index is 501. The normalized spacial score (nSPS) is 10.2. The van der Waals surface area contributed by atoms with Crippen LogP contribution in [0.2, 0.25) is 0 Å². The van der Waals surface area contributed by atoms with E-state index in [1.54, 1.807) is 6.92 Å². The predicted molar refractivity (Wildman–Crippen MR) is 62.0 cm³/mol. The van der Waals surface area contributed by atoms with E-state index in [1.807, 2.05) is 6.92 Å². The summed E-state index contributed by atoms with van der Waals surface area (Å²) in [4.78, 5) is 38.3. The van der Waals surface area contributed by atoms with E-state index in [4.69, 9.17) is 4.74 Å². The second-order valence-corrected chi connectivity index (χ2v) is 3.76. The summed E-state index contributed by atoms with van der Waals surface area (Å²) in [6.45, 7) is 3.92. The van der Waals surface area contributed by atoms with Gasteiger partial charge in [0.25, 0.3) is 5.56 Å². The molecule has 0 aliphatic rings. The van der Waals surface area contributed by atoms with Crippen LogP contribution in [0.5, 0.6) is 0 Å². The van der Waals surface area contributed by atoms with Gasteiger partial charge in [0.05, 0.1) is 13.0 Å². The van der Waals surface area contributed by atoms with Gasteiger partial charge in [-0.2, -0.15) is 0 Å². The first-order valence-electron chi connectivity index (χ1n) is 5.52. The molecule has 2 N–H and O–H groups in total. The van der Waals surface area contributed by atoms with E-state index < -0.39 is 17.2 Å². The predicted octanol–water partition coefficient (Wildman–Crippen LogP) is 0.257. The summed E-state index contributed by atoms with van der Waals surface area (Å²) in [5, 5.41) is 0. The maximum Gasteiger partial charge on any atom is 0.325 e. The Morgan fingerprint density at radius 1 is 1.29 bits per heavy atom. The highest BCUT2D eigenvalue weighted by Crippen LogP contribution is 1.99. The van der Waals surface area contributed by atoms with E-state index in [0.29, 0.717) is 12.3 Å². The van der Waals surface area contributed by atoms with Crippen molar-refractivity contribution in [1.82, 2.24) is 9.97 Å². The SMILES string of the molecule is CCCCOC(=O)Cc1c(C)[nH]c(=O)[nH]c1=O. The van der Waals surface area contributed by atoms with Gasteiger partial charge in [-0.05, 0) is 13.3 Å². The molecule has 6 heteroatoms. The van der Waals surface area contributed by atoms with Crippen molar-refractivity contribution < 1.29 is 9.53 Å². The van der Waals surface area contributed by atoms with Crippen molar-refractivity contribution in [3.05, 3.63) is 32.1 Å². The Labute approximate surface area is 98.0 Å². The number of carbonyl (C=O) groups is 1. The number of rotatable bonds is 5. The Hall–Kier alpha value is -1.85. The van der Waals surface area contributed by atoms with Crippen LogP contribution in [-0.2, 0) is 16.0 Å². The number of hydrogen-bond donors (Lipinski definition) is 2. The molecule has 0 bridgehead atoms. The smallest absolute Gasteiger partial charge is 0.325 e. The number of esters is 1. The van der Waals surface area contributed by atoms with Crippen molar-refractivity contribution in [1.29, 1.82) is 0 Å². The van der Waals surface area contributed by atoms with Crippen LogP contribution in [0.3, 0.4) is 0 Å². The van der Waals surface area contributed by atoms with Crippen LogP contribution in [0, 0.1) is 6.92 Å². The van der Waals surface area contributed by atoms with Crippen molar-refractivity contribution in [3.8, 4) is 0 Å². The van der Waals surface area contributed by atoms with Crippen LogP contribution in [0.15, 0.2) is 9.59 Å². The molecule has 0 saturated carbocycles. The van der Waals surface area contributed by atoms with E-state index >= 15 is 0 Å². The van der Waals surface area contributed by atoms with E-state index in [1.165, 1.54) is 0 Å². The zero-order valence-corrected chi connectivity index (χ0v) is 9.96. The highest BCUT2D eigenvalue weighted by Gasteiger charge is 2.11. The molecule has 1 aromatic heterocycles. The number of nitrogens with one attached hydrogen (secondary N) is 2. The molecule has 94 valence electrons. The Morgan fingerprint density at radius 2 is 2.00 bits per heavy atom. The van der Waals surface area contributed by atoms with Gasteiger partial charge in [0.15, 0.2) is 0 Å². The number of unbranched alkanes of at least 4 members (excludes halogenated alkanes) is 1. The summed E-state index contributed by atoms with van der Waals surface area (Å²) in [6, 6.07) is 0. The maximum atomic E-state index is 11.4. The van der Waals surface area contributed by atoms with Crippen molar-refractivity contribution in [2.45, 2.75) is 33.1 Å². The number of aromatic nitrogens is 2. The molecule has 1 heterocycles. The minimum Gasteiger partial charge on any atom is -0.465 e. The number of H-pyrrole nitrogens is 2. The molecule has 0 atom stereocenters. The molecule has 0 amide bonds. The fourth-order valence-corrected chi connectivity index (χ4v) is 1.36. The first kappa shape index (κ1) is 13.2. The number of carbonyl (C=O) groups excluding carboxylic acids is 1. The summed E-state index contributed by atoms with van der Waals surface area (Å²) in [7, 11) is 0. The zero-order valence-electron chi connectivity index (χ0n) is 9.96. The average molecular weight is 240 g/mol. The molecule has 6 nitrogen and oxygen atoms in total. The van der Waals surface area contributed by atoms with Crippen LogP contribution in [0.4, 0.5) is 0 Å². The molecule has 0 aliphatic carbocycles. The molecule has 0 saturated heterocycles. The lowest BCUT2D eigenvalue weighted by atomic mass is 10.2. The minimum absolute atomic E-state index is 0.123. The second kappa shape index (κ2) is 6.03. The Balaban J connectivity index is 2.72. The van der Waals surface area contributed by atoms with Crippen LogP contribution in [-0.4, -0.2) is 22.5 Å². The zero-order chi connectivity index (χ0) is 12.8. The summed E-state index contributed by atoms with van der Waals surface area (Å²) >= 11 is 0. The van der Waals surface area contributed by atoms with Gasteiger partial charge in [0.2, 0.25) is 0 Å². The first-order valence-corrected chi connectivity index (χ1v) is 5.52. The minimum atomic E-state index is -0.574. The molecule has 0 aromatic carbocycles. The summed E-state index contributed by atoms with van der Waals surface area (Å²) in [5.74, 6) is -0.459. The average Bonchev–Trinajstić information content (AvgIpc) is 2.24. The molecule has 0 unspecified atom stereocenters. The third kappa shape index (κ3) is 3.90. The van der Waals surface area contributed by atoms with Gasteiger partial charge in [-0.15, -0.1) is 0 Å². The van der Waals surface area contributed by atoms with Crippen LogP contribution in [0.1, 0.15) is 31.0 Å². The maximum absolute atomic E-state index is 11.4. The highest BCUT2D eigenvalue weighted by molar-refractivity contribution is 5.72. The van der Waals surface area contributed by atoms with Gasteiger partial charge in [-0.3, -0.25) is 14.6 Å². The lowest BCUT2D eigenvalue weighted by molar-refractivity contribution is -0.142. The molecule has 0 fully saturated rings. The summed E-state index contributed by atoms with van der Waals surface area (Å²) in [5.41, 5.74) is -0.480. The topological polar surface area (TPSA) is 92.0 Å². The number of ether oxygens (including phenoxy) is 1. The second-order valence-electron chi connectivity index (χ2n) is 3.76. The van der Waals surface area contributed by atoms with Gasteiger partial charge in [0, 0.05) is 11.3 Å². The lowest BCUT2D eigenvalue weighted by Gasteiger charge is -2.05. The monoisotopic (exact) mass is 240 g/mol. The van der Waals surface area contributed by atoms with Gasteiger partial charge < -0.3 is 9.72 Å². The Kier molecular flexibility index (Phi) is 4.68. The molecular weight excluding hydrogens is 224 g/mol. The highest BCUT2D eigenvalue weighted by atomic mass is 16.5. The quantitative estimate of drug-likeness (QED) is 0.570. The number of aromatic amines is 2. The number of aryl methyl sites for hydroxylation is 1. The molecule has 0 aliphatic heterocycles. The Morgan fingerprint density at radius 3 is 2.59 bits per heavy atom. The van der Waals surface area contributed by atoms with E-state index in [9.17, 15) is 14.4 Å². The van der Waals surface area contributed by atoms with Crippen molar-refractivity contribution in [2.75, 3.05) is 6.61 Å². The van der Waals surface area contributed by atoms with Crippen molar-refractivity contribution in [2.24, 2.45) is 0 Å². The fraction of sp³-hybridized carbons (Fsp3) is 0.545.